The fraction of sp³-hybridized carbons (Fsp3) is 0.364. The summed E-state index contributed by atoms with van der Waals surface area (Å²) >= 11 is 7.91. The Kier molecular flexibility index (Phi) is 6.60. The molecule has 4 rings (SSSR count). The zero-order valence-corrected chi connectivity index (χ0v) is 18.9. The molecular weight excluding hydrogens is 461 g/mol. The Hall–Kier alpha value is -2.36. The lowest BCUT2D eigenvalue weighted by atomic mass is 10.1. The number of carbonyl (C=O) groups is 1. The summed E-state index contributed by atoms with van der Waals surface area (Å²) in [5.74, 6) is -0.503. The van der Waals surface area contributed by atoms with Crippen molar-refractivity contribution in [2.24, 2.45) is 0 Å². The molecule has 170 valence electrons. The van der Waals surface area contributed by atoms with Gasteiger partial charge in [-0.3, -0.25) is 9.69 Å². The maximum Gasteiger partial charge on any atom is 0.416 e. The lowest BCUT2D eigenvalue weighted by Gasteiger charge is -2.34. The van der Waals surface area contributed by atoms with Crippen LogP contribution in [0.3, 0.4) is 0 Å². The molecule has 0 bridgehead atoms. The number of rotatable bonds is 5. The van der Waals surface area contributed by atoms with Crippen molar-refractivity contribution in [1.29, 1.82) is 0 Å². The number of nitrogens with one attached hydrogen (secondary N) is 1. The molecule has 1 amide bonds. The van der Waals surface area contributed by atoms with E-state index in [0.29, 0.717) is 18.1 Å². The average Bonchev–Trinajstić information content (AvgIpc) is 3.23. The second kappa shape index (κ2) is 9.25. The molecule has 1 saturated heterocycles. The van der Waals surface area contributed by atoms with E-state index in [4.69, 9.17) is 16.6 Å². The number of fused-ring (bicyclic) bond motifs is 1. The van der Waals surface area contributed by atoms with Gasteiger partial charge >= 0.3 is 6.18 Å². The molecule has 0 unspecified atom stereocenters. The Bertz CT molecular complexity index is 1090. The van der Waals surface area contributed by atoms with Crippen LogP contribution in [0.15, 0.2) is 36.4 Å². The third-order valence-electron chi connectivity index (χ3n) is 5.49. The molecule has 1 aliphatic heterocycles. The molecule has 1 fully saturated rings. The Balaban J connectivity index is 1.27. The predicted octanol–water partition coefficient (Wildman–Crippen LogP) is 4.83. The summed E-state index contributed by atoms with van der Waals surface area (Å²) < 4.78 is 39.5. The van der Waals surface area contributed by atoms with E-state index in [1.54, 1.807) is 11.3 Å². The standard InChI is InChI=1S/C22H22ClF3N4OS/c1-14-5-6-17(23)19-18(14)28-21(32-19)30-11-9-29(10-12-30)8-7-27-20(31)15-3-2-4-16(13-15)22(24,25)26/h2-6,13H,7-12H2,1H3,(H,27,31). The molecule has 0 aliphatic carbocycles. The molecule has 10 heteroatoms. The van der Waals surface area contributed by atoms with Gasteiger partial charge in [-0.2, -0.15) is 13.2 Å². The summed E-state index contributed by atoms with van der Waals surface area (Å²) in [5.41, 5.74) is 1.22. The second-order valence-electron chi connectivity index (χ2n) is 7.70. The number of anilines is 1. The minimum atomic E-state index is -4.47. The van der Waals surface area contributed by atoms with Crippen LogP contribution in [-0.2, 0) is 6.18 Å². The molecule has 0 saturated carbocycles. The molecule has 5 nitrogen and oxygen atoms in total. The SMILES string of the molecule is Cc1ccc(Cl)c2sc(N3CCN(CCNC(=O)c4cccc(C(F)(F)F)c4)CC3)nc12. The predicted molar refractivity (Wildman–Crippen MR) is 122 cm³/mol. The molecule has 0 radical (unpaired) electrons. The highest BCUT2D eigenvalue weighted by molar-refractivity contribution is 7.22. The van der Waals surface area contributed by atoms with Crippen LogP contribution in [-0.4, -0.2) is 55.1 Å². The first kappa shape index (κ1) is 22.8. The summed E-state index contributed by atoms with van der Waals surface area (Å²) in [6.45, 7) is 6.24. The monoisotopic (exact) mass is 482 g/mol. The number of hydrogen-bond donors (Lipinski definition) is 1. The number of hydrogen-bond acceptors (Lipinski definition) is 5. The van der Waals surface area contributed by atoms with Crippen molar-refractivity contribution < 1.29 is 18.0 Å². The summed E-state index contributed by atoms with van der Waals surface area (Å²) in [6, 6.07) is 8.33. The molecule has 1 N–H and O–H groups in total. The summed E-state index contributed by atoms with van der Waals surface area (Å²) in [5, 5.41) is 4.38. The summed E-state index contributed by atoms with van der Waals surface area (Å²) in [7, 11) is 0. The Morgan fingerprint density at radius 2 is 1.94 bits per heavy atom. The van der Waals surface area contributed by atoms with Crippen LogP contribution in [0.1, 0.15) is 21.5 Å². The van der Waals surface area contributed by atoms with Crippen LogP contribution in [0.4, 0.5) is 18.3 Å². The maximum atomic E-state index is 12.8. The third-order valence-corrected chi connectivity index (χ3v) is 7.07. The second-order valence-corrected chi connectivity index (χ2v) is 9.09. The lowest BCUT2D eigenvalue weighted by molar-refractivity contribution is -0.137. The number of aryl methyl sites for hydroxylation is 1. The highest BCUT2D eigenvalue weighted by Gasteiger charge is 2.31. The van der Waals surface area contributed by atoms with Crippen LogP contribution >= 0.6 is 22.9 Å². The van der Waals surface area contributed by atoms with Gasteiger partial charge in [-0.25, -0.2) is 4.98 Å². The van der Waals surface area contributed by atoms with E-state index in [1.165, 1.54) is 12.1 Å². The number of halogens is 4. The van der Waals surface area contributed by atoms with Crippen molar-refractivity contribution >= 4 is 44.2 Å². The molecular formula is C22H22ClF3N4OS. The van der Waals surface area contributed by atoms with Gasteiger partial charge in [0.2, 0.25) is 0 Å². The fourth-order valence-electron chi connectivity index (χ4n) is 3.66. The zero-order valence-electron chi connectivity index (χ0n) is 17.4. The number of piperazine rings is 1. The summed E-state index contributed by atoms with van der Waals surface area (Å²) in [6.07, 6.45) is -4.47. The lowest BCUT2D eigenvalue weighted by Crippen LogP contribution is -2.48. The van der Waals surface area contributed by atoms with Gasteiger partial charge < -0.3 is 10.2 Å². The normalized spacial score (nSPS) is 15.3. The number of thiazole rings is 1. The molecule has 1 aromatic heterocycles. The van der Waals surface area contributed by atoms with Crippen molar-refractivity contribution in [3.63, 3.8) is 0 Å². The maximum absolute atomic E-state index is 12.8. The minimum Gasteiger partial charge on any atom is -0.351 e. The van der Waals surface area contributed by atoms with Crippen LogP contribution < -0.4 is 10.2 Å². The molecule has 0 spiro atoms. The molecule has 2 heterocycles. The van der Waals surface area contributed by atoms with Gasteiger partial charge in [0, 0.05) is 44.8 Å². The van der Waals surface area contributed by atoms with Gasteiger partial charge in [0.1, 0.15) is 0 Å². The van der Waals surface area contributed by atoms with Gasteiger partial charge in [0.05, 0.1) is 20.8 Å². The van der Waals surface area contributed by atoms with Gasteiger partial charge in [-0.15, -0.1) is 0 Å². The topological polar surface area (TPSA) is 48.5 Å². The van der Waals surface area contributed by atoms with Gasteiger partial charge in [-0.1, -0.05) is 35.1 Å². The molecule has 1 aliphatic rings. The zero-order chi connectivity index (χ0) is 22.9. The van der Waals surface area contributed by atoms with Crippen molar-refractivity contribution in [2.75, 3.05) is 44.2 Å². The minimum absolute atomic E-state index is 0.00874. The van der Waals surface area contributed by atoms with Crippen LogP contribution in [0.2, 0.25) is 5.02 Å². The van der Waals surface area contributed by atoms with E-state index < -0.39 is 17.6 Å². The molecule has 2 aromatic carbocycles. The van der Waals surface area contributed by atoms with Crippen LogP contribution in [0, 0.1) is 6.92 Å². The number of amides is 1. The van der Waals surface area contributed by atoms with E-state index in [1.807, 2.05) is 19.1 Å². The fourth-order valence-corrected chi connectivity index (χ4v) is 5.02. The van der Waals surface area contributed by atoms with E-state index in [2.05, 4.69) is 15.1 Å². The smallest absolute Gasteiger partial charge is 0.351 e. The number of benzene rings is 2. The number of carbonyl (C=O) groups excluding carboxylic acids is 1. The quantitative estimate of drug-likeness (QED) is 0.566. The average molecular weight is 483 g/mol. The molecule has 0 atom stereocenters. The van der Waals surface area contributed by atoms with Crippen LogP contribution in [0.25, 0.3) is 10.2 Å². The van der Waals surface area contributed by atoms with Crippen LogP contribution in [0.5, 0.6) is 0 Å². The highest BCUT2D eigenvalue weighted by atomic mass is 35.5. The van der Waals surface area contributed by atoms with Crippen molar-refractivity contribution in [2.45, 2.75) is 13.1 Å². The van der Waals surface area contributed by atoms with E-state index in [9.17, 15) is 18.0 Å². The van der Waals surface area contributed by atoms with E-state index in [0.717, 1.165) is 59.2 Å². The van der Waals surface area contributed by atoms with E-state index in [-0.39, 0.29) is 5.56 Å². The number of alkyl halides is 3. The highest BCUT2D eigenvalue weighted by Crippen LogP contribution is 2.35. The first-order valence-electron chi connectivity index (χ1n) is 10.2. The third kappa shape index (κ3) is 5.00. The van der Waals surface area contributed by atoms with E-state index >= 15 is 0 Å². The van der Waals surface area contributed by atoms with Gasteiger partial charge in [0.25, 0.3) is 5.91 Å². The van der Waals surface area contributed by atoms with Crippen molar-refractivity contribution in [3.8, 4) is 0 Å². The summed E-state index contributed by atoms with van der Waals surface area (Å²) in [4.78, 5) is 21.4. The Morgan fingerprint density at radius 3 is 2.62 bits per heavy atom. The van der Waals surface area contributed by atoms with Gasteiger partial charge in [-0.05, 0) is 36.8 Å². The number of nitrogens with zero attached hydrogens (tertiary/aromatic N) is 3. The number of aromatic nitrogens is 1. The molecule has 32 heavy (non-hydrogen) atoms. The van der Waals surface area contributed by atoms with Crippen molar-refractivity contribution in [1.82, 2.24) is 15.2 Å². The van der Waals surface area contributed by atoms with Gasteiger partial charge in [0.15, 0.2) is 5.13 Å². The molecule has 3 aromatic rings. The first-order chi connectivity index (χ1) is 15.2. The van der Waals surface area contributed by atoms with Crippen molar-refractivity contribution in [3.05, 3.63) is 58.1 Å². The first-order valence-corrected chi connectivity index (χ1v) is 11.4. The largest absolute Gasteiger partial charge is 0.416 e. The Morgan fingerprint density at radius 1 is 1.19 bits per heavy atom. The Labute approximate surface area is 192 Å².